The number of amides is 1. The maximum absolute atomic E-state index is 11.5. The average molecular weight is 267 g/mol. The zero-order valence-corrected chi connectivity index (χ0v) is 11.8. The van der Waals surface area contributed by atoms with Crippen molar-refractivity contribution in [2.24, 2.45) is 0 Å². The average Bonchev–Trinajstić information content (AvgIpc) is 2.37. The van der Waals surface area contributed by atoms with Gasteiger partial charge in [0.05, 0.1) is 7.11 Å². The van der Waals surface area contributed by atoms with Crippen molar-refractivity contribution >= 4 is 17.5 Å². The highest BCUT2D eigenvalue weighted by Gasteiger charge is 2.11. The number of hydrogen-bond acceptors (Lipinski definition) is 6. The number of carbonyl (C=O) groups is 1. The van der Waals surface area contributed by atoms with Crippen molar-refractivity contribution in [1.29, 1.82) is 0 Å². The normalized spacial score (nSPS) is 10.2. The first kappa shape index (κ1) is 15.0. The van der Waals surface area contributed by atoms with E-state index in [-0.39, 0.29) is 11.9 Å². The van der Waals surface area contributed by atoms with Gasteiger partial charge in [0, 0.05) is 26.1 Å². The zero-order valence-electron chi connectivity index (χ0n) is 11.8. The Hall–Kier alpha value is -2.05. The minimum Gasteiger partial charge on any atom is -0.490 e. The second kappa shape index (κ2) is 7.40. The number of carbonyl (C=O) groups excluding carboxylic acids is 1. The standard InChI is InChI=1S/C12H21N5O2/c1-8(2)17-9(18)5-6-14-12-10(19-4)11(13-3)15-7-16-12/h7-8H,5-6H2,1-4H3,(H,17,18)(H2,13,14,15,16). The molecule has 7 heteroatoms. The lowest BCUT2D eigenvalue weighted by Gasteiger charge is -2.13. The van der Waals surface area contributed by atoms with Gasteiger partial charge in [-0.25, -0.2) is 9.97 Å². The highest BCUT2D eigenvalue weighted by molar-refractivity contribution is 5.76. The number of methoxy groups -OCH3 is 1. The zero-order chi connectivity index (χ0) is 14.3. The highest BCUT2D eigenvalue weighted by atomic mass is 16.5. The summed E-state index contributed by atoms with van der Waals surface area (Å²) in [5.74, 6) is 1.71. The third kappa shape index (κ3) is 4.61. The molecule has 0 aromatic carbocycles. The van der Waals surface area contributed by atoms with E-state index in [1.165, 1.54) is 6.33 Å². The van der Waals surface area contributed by atoms with E-state index < -0.39 is 0 Å². The third-order valence-electron chi connectivity index (χ3n) is 2.34. The van der Waals surface area contributed by atoms with Crippen molar-refractivity contribution < 1.29 is 9.53 Å². The third-order valence-corrected chi connectivity index (χ3v) is 2.34. The maximum atomic E-state index is 11.5. The Bertz CT molecular complexity index is 423. The van der Waals surface area contributed by atoms with Crippen LogP contribution in [0.3, 0.4) is 0 Å². The molecule has 1 heterocycles. The smallest absolute Gasteiger partial charge is 0.221 e. The predicted molar refractivity (Wildman–Crippen MR) is 74.5 cm³/mol. The van der Waals surface area contributed by atoms with Crippen LogP contribution >= 0.6 is 0 Å². The molecule has 106 valence electrons. The molecule has 1 aromatic rings. The Kier molecular flexibility index (Phi) is 5.84. The Balaban J connectivity index is 2.56. The van der Waals surface area contributed by atoms with Crippen molar-refractivity contribution in [3.05, 3.63) is 6.33 Å². The first-order valence-corrected chi connectivity index (χ1v) is 6.18. The van der Waals surface area contributed by atoms with E-state index in [1.807, 2.05) is 13.8 Å². The number of rotatable bonds is 7. The molecule has 1 amide bonds. The quantitative estimate of drug-likeness (QED) is 0.679. The summed E-state index contributed by atoms with van der Waals surface area (Å²) >= 11 is 0. The summed E-state index contributed by atoms with van der Waals surface area (Å²) in [6.45, 7) is 4.34. The monoisotopic (exact) mass is 267 g/mol. The van der Waals surface area contributed by atoms with Crippen LogP contribution in [0.1, 0.15) is 20.3 Å². The van der Waals surface area contributed by atoms with Crippen LogP contribution in [0.25, 0.3) is 0 Å². The fourth-order valence-corrected chi connectivity index (χ4v) is 1.56. The van der Waals surface area contributed by atoms with Crippen molar-refractivity contribution in [1.82, 2.24) is 15.3 Å². The summed E-state index contributed by atoms with van der Waals surface area (Å²) in [6, 6.07) is 0.150. The van der Waals surface area contributed by atoms with Gasteiger partial charge in [0.1, 0.15) is 6.33 Å². The van der Waals surface area contributed by atoms with E-state index in [9.17, 15) is 4.79 Å². The van der Waals surface area contributed by atoms with E-state index in [2.05, 4.69) is 25.9 Å². The molecule has 0 aliphatic heterocycles. The van der Waals surface area contributed by atoms with Gasteiger partial charge in [-0.15, -0.1) is 0 Å². The van der Waals surface area contributed by atoms with Crippen LogP contribution in [-0.2, 0) is 4.79 Å². The minimum atomic E-state index is 0.00404. The van der Waals surface area contributed by atoms with E-state index >= 15 is 0 Å². The Labute approximate surface area is 113 Å². The molecule has 0 atom stereocenters. The molecular formula is C12H21N5O2. The van der Waals surface area contributed by atoms with Gasteiger partial charge in [0.2, 0.25) is 11.7 Å². The molecule has 0 bridgehead atoms. The van der Waals surface area contributed by atoms with Crippen molar-refractivity contribution in [3.8, 4) is 5.75 Å². The largest absolute Gasteiger partial charge is 0.490 e. The Morgan fingerprint density at radius 3 is 2.63 bits per heavy atom. The molecule has 19 heavy (non-hydrogen) atoms. The Morgan fingerprint density at radius 2 is 2.05 bits per heavy atom. The highest BCUT2D eigenvalue weighted by Crippen LogP contribution is 2.28. The van der Waals surface area contributed by atoms with Crippen LogP contribution in [0.2, 0.25) is 0 Å². The number of hydrogen-bond donors (Lipinski definition) is 3. The molecule has 3 N–H and O–H groups in total. The SMILES string of the molecule is CNc1ncnc(NCCC(=O)NC(C)C)c1OC. The van der Waals surface area contributed by atoms with Gasteiger partial charge in [-0.3, -0.25) is 4.79 Å². The molecule has 0 saturated carbocycles. The molecular weight excluding hydrogens is 246 g/mol. The van der Waals surface area contributed by atoms with Gasteiger partial charge in [-0.1, -0.05) is 0 Å². The van der Waals surface area contributed by atoms with E-state index in [4.69, 9.17) is 4.74 Å². The van der Waals surface area contributed by atoms with E-state index in [0.29, 0.717) is 30.4 Å². The van der Waals surface area contributed by atoms with Gasteiger partial charge in [-0.2, -0.15) is 0 Å². The maximum Gasteiger partial charge on any atom is 0.221 e. The molecule has 0 radical (unpaired) electrons. The molecule has 0 unspecified atom stereocenters. The van der Waals surface area contributed by atoms with Crippen LogP contribution in [0.15, 0.2) is 6.33 Å². The summed E-state index contributed by atoms with van der Waals surface area (Å²) in [5.41, 5.74) is 0. The first-order valence-electron chi connectivity index (χ1n) is 6.18. The summed E-state index contributed by atoms with van der Waals surface area (Å²) in [5, 5.41) is 8.81. The first-order chi connectivity index (χ1) is 9.08. The fraction of sp³-hybridized carbons (Fsp3) is 0.583. The molecule has 0 saturated heterocycles. The van der Waals surface area contributed by atoms with Crippen LogP contribution < -0.4 is 20.7 Å². The molecule has 0 aliphatic carbocycles. The summed E-state index contributed by atoms with van der Waals surface area (Å²) in [6.07, 6.45) is 1.81. The predicted octanol–water partition coefficient (Wildman–Crippen LogP) is 0.853. The lowest BCUT2D eigenvalue weighted by molar-refractivity contribution is -0.121. The Morgan fingerprint density at radius 1 is 1.37 bits per heavy atom. The number of ether oxygens (including phenoxy) is 1. The summed E-state index contributed by atoms with van der Waals surface area (Å²) < 4.78 is 5.24. The number of aromatic nitrogens is 2. The van der Waals surface area contributed by atoms with E-state index in [0.717, 1.165) is 0 Å². The van der Waals surface area contributed by atoms with Gasteiger partial charge in [0.25, 0.3) is 0 Å². The van der Waals surface area contributed by atoms with Crippen molar-refractivity contribution in [2.45, 2.75) is 26.3 Å². The van der Waals surface area contributed by atoms with Crippen molar-refractivity contribution in [3.63, 3.8) is 0 Å². The fourth-order valence-electron chi connectivity index (χ4n) is 1.56. The topological polar surface area (TPSA) is 88.2 Å². The minimum absolute atomic E-state index is 0.00404. The van der Waals surface area contributed by atoms with Crippen LogP contribution in [0, 0.1) is 0 Å². The van der Waals surface area contributed by atoms with Gasteiger partial charge in [-0.05, 0) is 13.8 Å². The lowest BCUT2D eigenvalue weighted by Crippen LogP contribution is -2.31. The molecule has 1 rings (SSSR count). The van der Waals surface area contributed by atoms with Crippen molar-refractivity contribution in [2.75, 3.05) is 31.3 Å². The number of anilines is 2. The lowest BCUT2D eigenvalue weighted by atomic mass is 10.3. The second-order valence-corrected chi connectivity index (χ2v) is 4.25. The van der Waals surface area contributed by atoms with Crippen LogP contribution in [-0.4, -0.2) is 42.6 Å². The van der Waals surface area contributed by atoms with Gasteiger partial charge < -0.3 is 20.7 Å². The molecule has 1 aromatic heterocycles. The molecule has 7 nitrogen and oxygen atoms in total. The summed E-state index contributed by atoms with van der Waals surface area (Å²) in [4.78, 5) is 19.6. The molecule has 0 aliphatic rings. The number of nitrogens with zero attached hydrogens (tertiary/aromatic N) is 2. The van der Waals surface area contributed by atoms with Crippen LogP contribution in [0.5, 0.6) is 5.75 Å². The molecule has 0 spiro atoms. The second-order valence-electron chi connectivity index (χ2n) is 4.25. The van der Waals surface area contributed by atoms with Crippen LogP contribution in [0.4, 0.5) is 11.6 Å². The van der Waals surface area contributed by atoms with Gasteiger partial charge >= 0.3 is 0 Å². The molecule has 0 fully saturated rings. The van der Waals surface area contributed by atoms with E-state index in [1.54, 1.807) is 14.2 Å². The van der Waals surface area contributed by atoms with Gasteiger partial charge in [0.15, 0.2) is 11.6 Å². The number of nitrogens with one attached hydrogen (secondary N) is 3. The summed E-state index contributed by atoms with van der Waals surface area (Å²) in [7, 11) is 3.31.